The van der Waals surface area contributed by atoms with Crippen LogP contribution < -0.4 is 10.6 Å². The Kier molecular flexibility index (Phi) is 7.66. The highest BCUT2D eigenvalue weighted by Gasteiger charge is 2.33. The molecule has 1 amide bonds. The number of carboxylic acids is 1. The van der Waals surface area contributed by atoms with Gasteiger partial charge in [-0.05, 0) is 34.9 Å². The molecule has 0 heterocycles. The second kappa shape index (κ2) is 10.6. The van der Waals surface area contributed by atoms with Crippen LogP contribution in [0.3, 0.4) is 0 Å². The number of carbonyl (C=O) groups is 2. The van der Waals surface area contributed by atoms with Gasteiger partial charge >= 0.3 is 5.97 Å². The Bertz CT molecular complexity index is 1130. The van der Waals surface area contributed by atoms with Gasteiger partial charge in [0, 0.05) is 17.9 Å². The monoisotopic (exact) mass is 445 g/mol. The molecule has 0 bridgehead atoms. The minimum Gasteiger partial charge on any atom is -0.480 e. The standard InChI is InChI=1S/C25H23N3O3S/c26-15-19-6-4-5-9-21(19)18-12-10-17(11-13-18)14-23(25(30)31)28(24(29)22(27)16-32)20-7-2-1-3-8-20/h1-13,22-23,32H,14,16,27H2,(H,30,31)/t22-,23-/m0/s1. The van der Waals surface area contributed by atoms with Crippen LogP contribution in [0, 0.1) is 11.3 Å². The van der Waals surface area contributed by atoms with Gasteiger partial charge < -0.3 is 10.8 Å². The number of nitrogens with zero attached hydrogens (tertiary/aromatic N) is 2. The molecule has 32 heavy (non-hydrogen) atoms. The Morgan fingerprint density at radius 3 is 2.22 bits per heavy atom. The van der Waals surface area contributed by atoms with Crippen molar-refractivity contribution in [2.24, 2.45) is 5.73 Å². The second-order valence-electron chi connectivity index (χ2n) is 7.25. The Hall–Kier alpha value is -3.60. The van der Waals surface area contributed by atoms with E-state index in [0.717, 1.165) is 16.7 Å². The minimum atomic E-state index is -1.15. The van der Waals surface area contributed by atoms with Gasteiger partial charge in [-0.15, -0.1) is 0 Å². The van der Waals surface area contributed by atoms with Crippen molar-refractivity contribution < 1.29 is 14.7 Å². The lowest BCUT2D eigenvalue weighted by molar-refractivity contribution is -0.140. The number of para-hydroxylation sites is 1. The van der Waals surface area contributed by atoms with Crippen molar-refractivity contribution in [3.05, 3.63) is 90.0 Å². The third kappa shape index (κ3) is 5.17. The maximum absolute atomic E-state index is 13.0. The molecule has 7 heteroatoms. The predicted octanol–water partition coefficient (Wildman–Crippen LogP) is 3.51. The third-order valence-electron chi connectivity index (χ3n) is 5.12. The zero-order chi connectivity index (χ0) is 23.1. The highest BCUT2D eigenvalue weighted by molar-refractivity contribution is 7.80. The van der Waals surface area contributed by atoms with Crippen molar-refractivity contribution in [1.82, 2.24) is 0 Å². The van der Waals surface area contributed by atoms with E-state index in [9.17, 15) is 20.0 Å². The average molecular weight is 446 g/mol. The second-order valence-corrected chi connectivity index (χ2v) is 7.61. The summed E-state index contributed by atoms with van der Waals surface area (Å²) in [5.74, 6) is -1.53. The molecule has 0 aliphatic heterocycles. The third-order valence-corrected chi connectivity index (χ3v) is 5.52. The van der Waals surface area contributed by atoms with Crippen LogP contribution in [0.1, 0.15) is 11.1 Å². The first-order valence-corrected chi connectivity index (χ1v) is 10.6. The molecule has 3 N–H and O–H groups in total. The first-order chi connectivity index (χ1) is 15.5. The van der Waals surface area contributed by atoms with Crippen LogP contribution in [0.4, 0.5) is 5.69 Å². The van der Waals surface area contributed by atoms with Gasteiger partial charge in [0.1, 0.15) is 6.04 Å². The molecule has 3 rings (SSSR count). The normalized spacial score (nSPS) is 12.4. The number of carbonyl (C=O) groups excluding carboxylic acids is 1. The number of thiol groups is 1. The quantitative estimate of drug-likeness (QED) is 0.460. The summed E-state index contributed by atoms with van der Waals surface area (Å²) in [5, 5.41) is 19.3. The summed E-state index contributed by atoms with van der Waals surface area (Å²) >= 11 is 4.10. The number of nitrogens with two attached hydrogens (primary N) is 1. The van der Waals surface area contributed by atoms with Crippen LogP contribution in [0.15, 0.2) is 78.9 Å². The Morgan fingerprint density at radius 2 is 1.62 bits per heavy atom. The van der Waals surface area contributed by atoms with E-state index in [-0.39, 0.29) is 12.2 Å². The van der Waals surface area contributed by atoms with E-state index in [1.165, 1.54) is 4.90 Å². The smallest absolute Gasteiger partial charge is 0.327 e. The van der Waals surface area contributed by atoms with Crippen molar-refractivity contribution in [3.63, 3.8) is 0 Å². The fraction of sp³-hybridized carbons (Fsp3) is 0.160. The molecule has 0 fully saturated rings. The van der Waals surface area contributed by atoms with E-state index in [4.69, 9.17) is 5.73 Å². The first-order valence-electron chi connectivity index (χ1n) is 10.0. The molecule has 0 aliphatic carbocycles. The van der Waals surface area contributed by atoms with E-state index in [2.05, 4.69) is 18.7 Å². The maximum atomic E-state index is 13.0. The molecule has 2 atom stereocenters. The molecular formula is C25H23N3O3S. The number of nitriles is 1. The van der Waals surface area contributed by atoms with E-state index in [1.54, 1.807) is 42.5 Å². The molecule has 0 aromatic heterocycles. The summed E-state index contributed by atoms with van der Waals surface area (Å²) < 4.78 is 0. The largest absolute Gasteiger partial charge is 0.480 e. The number of amides is 1. The summed E-state index contributed by atoms with van der Waals surface area (Å²) in [6.07, 6.45) is 0.0927. The fourth-order valence-electron chi connectivity index (χ4n) is 3.47. The summed E-state index contributed by atoms with van der Waals surface area (Å²) in [4.78, 5) is 26.4. The molecule has 162 valence electrons. The number of hydrogen-bond acceptors (Lipinski definition) is 5. The number of aliphatic carboxylic acids is 1. The Labute approximate surface area is 192 Å². The predicted molar refractivity (Wildman–Crippen MR) is 127 cm³/mol. The number of rotatable bonds is 8. The molecule has 0 aliphatic rings. The number of benzene rings is 3. The molecule has 0 saturated heterocycles. The summed E-state index contributed by atoms with van der Waals surface area (Å²) in [6, 6.07) is 23.3. The van der Waals surface area contributed by atoms with Crippen LogP contribution in [-0.4, -0.2) is 34.8 Å². The Morgan fingerprint density at radius 1 is 1.00 bits per heavy atom. The lowest BCUT2D eigenvalue weighted by Gasteiger charge is -2.31. The van der Waals surface area contributed by atoms with Crippen molar-refractivity contribution in [1.29, 1.82) is 5.26 Å². The first kappa shape index (κ1) is 23.1. The molecule has 6 nitrogen and oxygen atoms in total. The van der Waals surface area contributed by atoms with Gasteiger partial charge in [-0.1, -0.05) is 60.7 Å². The van der Waals surface area contributed by atoms with E-state index < -0.39 is 24.0 Å². The Balaban J connectivity index is 1.93. The highest BCUT2D eigenvalue weighted by atomic mass is 32.1. The fourth-order valence-corrected chi connectivity index (χ4v) is 3.63. The lowest BCUT2D eigenvalue weighted by atomic mass is 9.97. The van der Waals surface area contributed by atoms with Gasteiger partial charge in [0.25, 0.3) is 0 Å². The molecule has 0 radical (unpaired) electrons. The molecule has 0 spiro atoms. The van der Waals surface area contributed by atoms with Crippen LogP contribution in [-0.2, 0) is 16.0 Å². The molecule has 3 aromatic rings. The van der Waals surface area contributed by atoms with E-state index >= 15 is 0 Å². The van der Waals surface area contributed by atoms with Crippen LogP contribution in [0.25, 0.3) is 11.1 Å². The van der Waals surface area contributed by atoms with Gasteiger partial charge in [-0.2, -0.15) is 17.9 Å². The van der Waals surface area contributed by atoms with Gasteiger partial charge in [0.2, 0.25) is 5.91 Å². The summed E-state index contributed by atoms with van der Waals surface area (Å²) in [6.45, 7) is 0. The van der Waals surface area contributed by atoms with Gasteiger partial charge in [0.15, 0.2) is 0 Å². The van der Waals surface area contributed by atoms with E-state index in [0.29, 0.717) is 11.3 Å². The van der Waals surface area contributed by atoms with Crippen LogP contribution >= 0.6 is 12.6 Å². The van der Waals surface area contributed by atoms with E-state index in [1.807, 2.05) is 36.4 Å². The zero-order valence-electron chi connectivity index (χ0n) is 17.3. The topological polar surface area (TPSA) is 107 Å². The average Bonchev–Trinajstić information content (AvgIpc) is 2.84. The zero-order valence-corrected chi connectivity index (χ0v) is 18.2. The summed E-state index contributed by atoms with van der Waals surface area (Å²) in [7, 11) is 0. The minimum absolute atomic E-state index is 0.0927. The number of carboxylic acid groups (broad SMARTS) is 1. The van der Waals surface area contributed by atoms with Crippen molar-refractivity contribution in [2.75, 3.05) is 10.7 Å². The maximum Gasteiger partial charge on any atom is 0.327 e. The molecular weight excluding hydrogens is 422 g/mol. The van der Waals surface area contributed by atoms with Crippen molar-refractivity contribution in [3.8, 4) is 17.2 Å². The van der Waals surface area contributed by atoms with Crippen molar-refractivity contribution in [2.45, 2.75) is 18.5 Å². The van der Waals surface area contributed by atoms with Crippen LogP contribution in [0.2, 0.25) is 0 Å². The SMILES string of the molecule is N#Cc1ccccc1-c1ccc(C[C@@H](C(=O)O)N(C(=O)[C@@H](N)CS)c2ccccc2)cc1. The van der Waals surface area contributed by atoms with Gasteiger partial charge in [0.05, 0.1) is 17.7 Å². The van der Waals surface area contributed by atoms with Gasteiger partial charge in [-0.25, -0.2) is 4.79 Å². The van der Waals surface area contributed by atoms with Crippen LogP contribution in [0.5, 0.6) is 0 Å². The van der Waals surface area contributed by atoms with Crippen molar-refractivity contribution >= 4 is 30.2 Å². The highest BCUT2D eigenvalue weighted by Crippen LogP contribution is 2.25. The molecule has 0 saturated carbocycles. The molecule has 0 unspecified atom stereocenters. The molecule has 3 aromatic carbocycles. The lowest BCUT2D eigenvalue weighted by Crippen LogP contribution is -2.53. The number of hydrogen-bond donors (Lipinski definition) is 3. The van der Waals surface area contributed by atoms with Gasteiger partial charge in [-0.3, -0.25) is 9.69 Å². The number of anilines is 1. The summed E-state index contributed by atoms with van der Waals surface area (Å²) in [5.41, 5.74) is 9.33.